The Morgan fingerprint density at radius 3 is 1.85 bits per heavy atom. The molecule has 0 unspecified atom stereocenters. The van der Waals surface area contributed by atoms with Gasteiger partial charge < -0.3 is 9.47 Å². The quantitative estimate of drug-likeness (QED) is 0.657. The molecule has 0 radical (unpaired) electrons. The maximum Gasteiger partial charge on any atom is 0.231 e. The van der Waals surface area contributed by atoms with E-state index in [2.05, 4.69) is 32.0 Å². The van der Waals surface area contributed by atoms with Gasteiger partial charge in [-0.25, -0.2) is 8.42 Å². The topological polar surface area (TPSA) is 52.6 Å². The molecule has 1 heterocycles. The van der Waals surface area contributed by atoms with Crippen molar-refractivity contribution in [3.05, 3.63) is 65.7 Å². The summed E-state index contributed by atoms with van der Waals surface area (Å²) in [5.41, 5.74) is 6.45. The van der Waals surface area contributed by atoms with Crippen LogP contribution in [0.5, 0.6) is 11.5 Å². The fourth-order valence-corrected chi connectivity index (χ4v) is 3.84. The lowest BCUT2D eigenvalue weighted by Crippen LogP contribution is -1.96. The van der Waals surface area contributed by atoms with Crippen LogP contribution in [0.4, 0.5) is 0 Å². The maximum atomic E-state index is 11.8. The number of benzene rings is 3. The average molecular weight is 380 g/mol. The molecule has 0 spiro atoms. The molecule has 0 fully saturated rings. The Bertz CT molecular complexity index is 1130. The van der Waals surface area contributed by atoms with Crippen LogP contribution < -0.4 is 9.47 Å². The molecule has 1 aliphatic rings. The smallest absolute Gasteiger partial charge is 0.231 e. The minimum atomic E-state index is -3.23. The van der Waals surface area contributed by atoms with Gasteiger partial charge in [-0.05, 0) is 71.5 Å². The van der Waals surface area contributed by atoms with Crippen LogP contribution in [-0.4, -0.2) is 21.5 Å². The Morgan fingerprint density at radius 2 is 1.30 bits per heavy atom. The molecule has 1 aliphatic heterocycles. The third kappa shape index (κ3) is 3.30. The van der Waals surface area contributed by atoms with Crippen molar-refractivity contribution < 1.29 is 17.9 Å². The van der Waals surface area contributed by atoms with Gasteiger partial charge in [0.2, 0.25) is 6.79 Å². The molecule has 0 amide bonds. The minimum absolute atomic E-state index is 0.207. The summed E-state index contributed by atoms with van der Waals surface area (Å²) in [6.07, 6.45) is 1.21. The van der Waals surface area contributed by atoms with Crippen LogP contribution in [0.2, 0.25) is 0 Å². The van der Waals surface area contributed by atoms with Crippen LogP contribution in [0.1, 0.15) is 11.1 Å². The van der Waals surface area contributed by atoms with Gasteiger partial charge in [0.15, 0.2) is 21.3 Å². The van der Waals surface area contributed by atoms with Gasteiger partial charge in [-0.3, -0.25) is 0 Å². The monoisotopic (exact) mass is 380 g/mol. The summed E-state index contributed by atoms with van der Waals surface area (Å²) in [5.74, 6) is 1.42. The number of ether oxygens (including phenoxy) is 2. The Balaban J connectivity index is 1.90. The molecule has 0 saturated carbocycles. The van der Waals surface area contributed by atoms with Crippen LogP contribution in [0.15, 0.2) is 59.5 Å². The first-order chi connectivity index (χ1) is 12.8. The summed E-state index contributed by atoms with van der Waals surface area (Å²) >= 11 is 0. The molecule has 0 aromatic heterocycles. The molecular formula is C22H20O4S. The predicted octanol–water partition coefficient (Wildman–Crippen LogP) is 4.77. The van der Waals surface area contributed by atoms with E-state index in [-0.39, 0.29) is 6.79 Å². The lowest BCUT2D eigenvalue weighted by atomic mass is 9.92. The fourth-order valence-electron chi connectivity index (χ4n) is 3.21. The molecule has 4 nitrogen and oxygen atoms in total. The molecule has 3 aromatic carbocycles. The highest BCUT2D eigenvalue weighted by atomic mass is 32.2. The number of hydrogen-bond donors (Lipinski definition) is 0. The molecular weight excluding hydrogens is 360 g/mol. The Morgan fingerprint density at radius 1 is 0.741 bits per heavy atom. The van der Waals surface area contributed by atoms with Crippen molar-refractivity contribution in [3.8, 4) is 33.8 Å². The first-order valence-electron chi connectivity index (χ1n) is 8.65. The van der Waals surface area contributed by atoms with E-state index in [4.69, 9.17) is 9.47 Å². The standard InChI is InChI=1S/C22H20O4S/c1-14-4-5-17(10-15(14)2)20-12-22-21(25-13-26-22)11-19(20)16-6-8-18(9-7-16)27(3,23)24/h4-12H,13H2,1-3H3. The molecule has 138 valence electrons. The summed E-state index contributed by atoms with van der Waals surface area (Å²) < 4.78 is 34.6. The van der Waals surface area contributed by atoms with Gasteiger partial charge in [-0.1, -0.05) is 30.3 Å². The first kappa shape index (κ1) is 17.6. The van der Waals surface area contributed by atoms with Gasteiger partial charge in [-0.2, -0.15) is 0 Å². The summed E-state index contributed by atoms with van der Waals surface area (Å²) in [4.78, 5) is 0.305. The van der Waals surface area contributed by atoms with Gasteiger partial charge in [0.25, 0.3) is 0 Å². The maximum absolute atomic E-state index is 11.8. The molecule has 0 bridgehead atoms. The fraction of sp³-hybridized carbons (Fsp3) is 0.182. The molecule has 0 saturated heterocycles. The van der Waals surface area contributed by atoms with E-state index in [0.29, 0.717) is 10.6 Å². The second-order valence-corrected chi connectivity index (χ2v) is 8.86. The van der Waals surface area contributed by atoms with Gasteiger partial charge in [-0.15, -0.1) is 0 Å². The molecule has 0 N–H and O–H groups in total. The zero-order chi connectivity index (χ0) is 19.2. The van der Waals surface area contributed by atoms with E-state index in [1.807, 2.05) is 24.3 Å². The van der Waals surface area contributed by atoms with Gasteiger partial charge in [0.1, 0.15) is 0 Å². The van der Waals surface area contributed by atoms with Crippen molar-refractivity contribution in [2.45, 2.75) is 18.7 Å². The summed E-state index contributed by atoms with van der Waals surface area (Å²) in [6.45, 7) is 4.38. The Labute approximate surface area is 159 Å². The number of sulfone groups is 1. The van der Waals surface area contributed by atoms with Crippen LogP contribution in [-0.2, 0) is 9.84 Å². The highest BCUT2D eigenvalue weighted by molar-refractivity contribution is 7.90. The molecule has 4 rings (SSSR count). The van der Waals surface area contributed by atoms with Crippen molar-refractivity contribution in [1.29, 1.82) is 0 Å². The molecule has 0 aliphatic carbocycles. The van der Waals surface area contributed by atoms with Crippen molar-refractivity contribution in [1.82, 2.24) is 0 Å². The normalized spacial score (nSPS) is 13.0. The SMILES string of the molecule is Cc1ccc(-c2cc3c(cc2-c2ccc(S(C)(=O)=O)cc2)OCO3)cc1C. The molecule has 5 heteroatoms. The van der Waals surface area contributed by atoms with Gasteiger partial charge in [0.05, 0.1) is 4.90 Å². The molecule has 27 heavy (non-hydrogen) atoms. The number of rotatable bonds is 3. The van der Waals surface area contributed by atoms with E-state index >= 15 is 0 Å². The lowest BCUT2D eigenvalue weighted by molar-refractivity contribution is 0.174. The zero-order valence-corrected chi connectivity index (χ0v) is 16.3. The van der Waals surface area contributed by atoms with Gasteiger partial charge in [0, 0.05) is 6.26 Å². The number of aryl methyl sites for hydroxylation is 2. The van der Waals surface area contributed by atoms with Crippen LogP contribution in [0.25, 0.3) is 22.3 Å². The summed E-state index contributed by atoms with van der Waals surface area (Å²) in [5, 5.41) is 0. The van der Waals surface area contributed by atoms with Crippen molar-refractivity contribution in [3.63, 3.8) is 0 Å². The minimum Gasteiger partial charge on any atom is -0.454 e. The zero-order valence-electron chi connectivity index (χ0n) is 15.4. The van der Waals surface area contributed by atoms with E-state index in [1.165, 1.54) is 17.4 Å². The van der Waals surface area contributed by atoms with Crippen molar-refractivity contribution in [2.24, 2.45) is 0 Å². The third-order valence-corrected chi connectivity index (χ3v) is 6.05. The van der Waals surface area contributed by atoms with Crippen LogP contribution >= 0.6 is 0 Å². The summed E-state index contributed by atoms with van der Waals surface area (Å²) in [6, 6.07) is 17.2. The highest BCUT2D eigenvalue weighted by Crippen LogP contribution is 2.43. The van der Waals surface area contributed by atoms with Crippen LogP contribution in [0.3, 0.4) is 0 Å². The van der Waals surface area contributed by atoms with E-state index in [9.17, 15) is 8.42 Å². The third-order valence-electron chi connectivity index (χ3n) is 4.92. The Hall–Kier alpha value is -2.79. The molecule has 3 aromatic rings. The van der Waals surface area contributed by atoms with E-state index in [1.54, 1.807) is 12.1 Å². The second-order valence-electron chi connectivity index (χ2n) is 6.85. The van der Waals surface area contributed by atoms with E-state index < -0.39 is 9.84 Å². The second kappa shape index (κ2) is 6.43. The van der Waals surface area contributed by atoms with Crippen molar-refractivity contribution >= 4 is 9.84 Å². The number of fused-ring (bicyclic) bond motifs is 1. The lowest BCUT2D eigenvalue weighted by Gasteiger charge is -2.14. The number of hydrogen-bond acceptors (Lipinski definition) is 4. The summed E-state index contributed by atoms with van der Waals surface area (Å²) in [7, 11) is -3.23. The van der Waals surface area contributed by atoms with Gasteiger partial charge >= 0.3 is 0 Å². The predicted molar refractivity (Wildman–Crippen MR) is 106 cm³/mol. The average Bonchev–Trinajstić information content (AvgIpc) is 3.10. The van der Waals surface area contributed by atoms with Crippen molar-refractivity contribution in [2.75, 3.05) is 13.0 Å². The molecule has 0 atom stereocenters. The largest absolute Gasteiger partial charge is 0.454 e. The highest BCUT2D eigenvalue weighted by Gasteiger charge is 2.19. The van der Waals surface area contributed by atoms with E-state index in [0.717, 1.165) is 28.0 Å². The van der Waals surface area contributed by atoms with Crippen LogP contribution in [0, 0.1) is 13.8 Å². The Kier molecular flexibility index (Phi) is 4.19. The first-order valence-corrected chi connectivity index (χ1v) is 10.5.